The summed E-state index contributed by atoms with van der Waals surface area (Å²) < 4.78 is 0.605. The average Bonchev–Trinajstić information content (AvgIpc) is 2.59. The lowest BCUT2D eigenvalue weighted by Gasteiger charge is -2.27. The van der Waals surface area contributed by atoms with Gasteiger partial charge in [-0.25, -0.2) is 4.98 Å². The van der Waals surface area contributed by atoms with Crippen LogP contribution in [0.5, 0.6) is 0 Å². The fourth-order valence-corrected chi connectivity index (χ4v) is 2.82. The Kier molecular flexibility index (Phi) is 3.52. The van der Waals surface area contributed by atoms with Crippen molar-refractivity contribution in [1.82, 2.24) is 10.3 Å². The van der Waals surface area contributed by atoms with Gasteiger partial charge in [0.15, 0.2) is 0 Å². The molecule has 1 fully saturated rings. The summed E-state index contributed by atoms with van der Waals surface area (Å²) in [5.41, 5.74) is 0.805. The van der Waals surface area contributed by atoms with E-state index < -0.39 is 0 Å². The summed E-state index contributed by atoms with van der Waals surface area (Å²) in [6, 6.07) is 3.83. The van der Waals surface area contributed by atoms with Crippen molar-refractivity contribution >= 4 is 21.8 Å². The molecule has 1 aliphatic rings. The highest BCUT2D eigenvalue weighted by Gasteiger charge is 2.35. The van der Waals surface area contributed by atoms with Crippen molar-refractivity contribution < 1.29 is 4.79 Å². The van der Waals surface area contributed by atoms with Gasteiger partial charge in [0, 0.05) is 12.2 Å². The first-order valence-corrected chi connectivity index (χ1v) is 6.71. The second-order valence-corrected chi connectivity index (χ2v) is 6.00. The van der Waals surface area contributed by atoms with E-state index in [9.17, 15) is 4.79 Å². The Morgan fingerprint density at radius 2 is 2.35 bits per heavy atom. The number of hydrogen-bond donors (Lipinski definition) is 1. The van der Waals surface area contributed by atoms with Crippen molar-refractivity contribution in [3.05, 3.63) is 28.5 Å². The van der Waals surface area contributed by atoms with Gasteiger partial charge in [0.1, 0.15) is 4.60 Å². The van der Waals surface area contributed by atoms with Crippen LogP contribution in [0.3, 0.4) is 0 Å². The quantitative estimate of drug-likeness (QED) is 0.852. The highest BCUT2D eigenvalue weighted by molar-refractivity contribution is 9.10. The maximum absolute atomic E-state index is 12.1. The third-order valence-corrected chi connectivity index (χ3v) is 4.20. The fraction of sp³-hybridized carbons (Fsp3) is 0.538. The normalized spacial score (nSPS) is 22.4. The third kappa shape index (κ3) is 2.68. The van der Waals surface area contributed by atoms with Gasteiger partial charge in [0.2, 0.25) is 0 Å². The number of nitrogens with one attached hydrogen (secondary N) is 1. The smallest absolute Gasteiger partial charge is 0.254 e. The lowest BCUT2D eigenvalue weighted by Crippen LogP contribution is -2.41. The van der Waals surface area contributed by atoms with E-state index in [1.807, 2.05) is 0 Å². The van der Waals surface area contributed by atoms with Crippen LogP contribution in [0, 0.1) is 5.41 Å². The van der Waals surface area contributed by atoms with E-state index in [0.29, 0.717) is 10.2 Å². The molecule has 3 nitrogen and oxygen atoms in total. The van der Waals surface area contributed by atoms with Crippen LogP contribution in [0.15, 0.2) is 22.9 Å². The highest BCUT2D eigenvalue weighted by atomic mass is 79.9. The van der Waals surface area contributed by atoms with E-state index >= 15 is 0 Å². The molecule has 2 rings (SSSR count). The van der Waals surface area contributed by atoms with Crippen molar-refractivity contribution in [2.45, 2.75) is 39.2 Å². The molecule has 0 radical (unpaired) electrons. The zero-order valence-electron chi connectivity index (χ0n) is 10.2. The number of pyridine rings is 1. The molecule has 0 saturated heterocycles. The molecular weight excluding hydrogens is 280 g/mol. The van der Waals surface area contributed by atoms with Crippen molar-refractivity contribution in [2.75, 3.05) is 0 Å². The lowest BCUT2D eigenvalue weighted by molar-refractivity contribution is 0.0909. The molecule has 1 saturated carbocycles. The molecule has 17 heavy (non-hydrogen) atoms. The van der Waals surface area contributed by atoms with Crippen LogP contribution < -0.4 is 5.32 Å². The molecule has 1 amide bonds. The maximum Gasteiger partial charge on any atom is 0.254 e. The van der Waals surface area contributed by atoms with Gasteiger partial charge >= 0.3 is 0 Å². The summed E-state index contributed by atoms with van der Waals surface area (Å²) in [5.74, 6) is -0.0371. The van der Waals surface area contributed by atoms with Gasteiger partial charge in [-0.05, 0) is 46.3 Å². The predicted octanol–water partition coefficient (Wildman–Crippen LogP) is 3.15. The minimum Gasteiger partial charge on any atom is -0.349 e. The Balaban J connectivity index is 2.10. The highest BCUT2D eigenvalue weighted by Crippen LogP contribution is 2.37. The zero-order chi connectivity index (χ0) is 12.5. The number of carbonyl (C=O) groups is 1. The standard InChI is InChI=1S/C13H17BrN2O/c1-13(2)7-3-6-10(13)16-12(17)9-5-4-8-15-11(9)14/h4-5,8,10H,3,6-7H2,1-2H3,(H,16,17). The van der Waals surface area contributed by atoms with Gasteiger partial charge < -0.3 is 5.32 Å². The minimum absolute atomic E-state index is 0.0371. The van der Waals surface area contributed by atoms with E-state index in [-0.39, 0.29) is 17.4 Å². The molecule has 1 aromatic heterocycles. The Morgan fingerprint density at radius 1 is 1.59 bits per heavy atom. The largest absolute Gasteiger partial charge is 0.349 e. The summed E-state index contributed by atoms with van der Waals surface area (Å²) in [7, 11) is 0. The second kappa shape index (κ2) is 4.77. The summed E-state index contributed by atoms with van der Waals surface area (Å²) in [6.07, 6.45) is 5.09. The molecule has 0 aliphatic heterocycles. The predicted molar refractivity (Wildman–Crippen MR) is 70.8 cm³/mol. The molecule has 92 valence electrons. The topological polar surface area (TPSA) is 42.0 Å². The van der Waals surface area contributed by atoms with Crippen LogP contribution in [-0.2, 0) is 0 Å². The fourth-order valence-electron chi connectivity index (χ4n) is 2.39. The Bertz CT molecular complexity index is 431. The Labute approximate surface area is 110 Å². The monoisotopic (exact) mass is 296 g/mol. The van der Waals surface area contributed by atoms with Crippen LogP contribution in [-0.4, -0.2) is 16.9 Å². The average molecular weight is 297 g/mol. The van der Waals surface area contributed by atoms with Crippen LogP contribution >= 0.6 is 15.9 Å². The van der Waals surface area contributed by atoms with E-state index in [1.165, 1.54) is 12.8 Å². The first-order chi connectivity index (χ1) is 8.00. The van der Waals surface area contributed by atoms with Gasteiger partial charge in [0.25, 0.3) is 5.91 Å². The van der Waals surface area contributed by atoms with Crippen LogP contribution in [0.25, 0.3) is 0 Å². The number of aromatic nitrogens is 1. The molecule has 1 unspecified atom stereocenters. The summed E-state index contributed by atoms with van der Waals surface area (Å²) >= 11 is 3.30. The Morgan fingerprint density at radius 3 is 2.94 bits per heavy atom. The van der Waals surface area contributed by atoms with Crippen molar-refractivity contribution in [2.24, 2.45) is 5.41 Å². The molecule has 1 aliphatic carbocycles. The van der Waals surface area contributed by atoms with E-state index in [2.05, 4.69) is 40.1 Å². The van der Waals surface area contributed by atoms with Crippen molar-refractivity contribution in [1.29, 1.82) is 0 Å². The number of halogens is 1. The number of rotatable bonds is 2. The molecule has 1 atom stereocenters. The van der Waals surface area contributed by atoms with Gasteiger partial charge in [0.05, 0.1) is 5.56 Å². The maximum atomic E-state index is 12.1. The van der Waals surface area contributed by atoms with Crippen molar-refractivity contribution in [3.8, 4) is 0 Å². The summed E-state index contributed by atoms with van der Waals surface area (Å²) in [5, 5.41) is 3.12. The van der Waals surface area contributed by atoms with Crippen LogP contribution in [0.2, 0.25) is 0 Å². The first kappa shape index (κ1) is 12.6. The second-order valence-electron chi connectivity index (χ2n) is 5.25. The number of amides is 1. The van der Waals surface area contributed by atoms with Crippen LogP contribution in [0.4, 0.5) is 0 Å². The zero-order valence-corrected chi connectivity index (χ0v) is 11.8. The molecular formula is C13H17BrN2O. The third-order valence-electron chi connectivity index (χ3n) is 3.57. The molecule has 4 heteroatoms. The Hall–Kier alpha value is -0.900. The van der Waals surface area contributed by atoms with Gasteiger partial charge in [-0.3, -0.25) is 4.79 Å². The van der Waals surface area contributed by atoms with E-state index in [1.54, 1.807) is 18.3 Å². The molecule has 0 bridgehead atoms. The number of carbonyl (C=O) groups excluding carboxylic acids is 1. The van der Waals surface area contributed by atoms with Gasteiger partial charge in [-0.1, -0.05) is 20.3 Å². The van der Waals surface area contributed by atoms with Gasteiger partial charge in [-0.2, -0.15) is 0 Å². The SMILES string of the molecule is CC1(C)CCCC1NC(=O)c1cccnc1Br. The minimum atomic E-state index is -0.0371. The molecule has 1 heterocycles. The molecule has 1 N–H and O–H groups in total. The van der Waals surface area contributed by atoms with Crippen LogP contribution in [0.1, 0.15) is 43.5 Å². The molecule has 0 spiro atoms. The van der Waals surface area contributed by atoms with E-state index in [4.69, 9.17) is 0 Å². The molecule has 0 aromatic carbocycles. The number of hydrogen-bond acceptors (Lipinski definition) is 2. The van der Waals surface area contributed by atoms with Gasteiger partial charge in [-0.15, -0.1) is 0 Å². The number of nitrogens with zero attached hydrogens (tertiary/aromatic N) is 1. The van der Waals surface area contributed by atoms with Crippen molar-refractivity contribution in [3.63, 3.8) is 0 Å². The lowest BCUT2D eigenvalue weighted by atomic mass is 9.87. The first-order valence-electron chi connectivity index (χ1n) is 5.92. The molecule has 1 aromatic rings. The summed E-state index contributed by atoms with van der Waals surface area (Å²) in [4.78, 5) is 16.2. The summed E-state index contributed by atoms with van der Waals surface area (Å²) in [6.45, 7) is 4.42. The van der Waals surface area contributed by atoms with E-state index in [0.717, 1.165) is 6.42 Å².